The largest absolute Gasteiger partial charge is 0.381 e. The normalized spacial score (nSPS) is 11.0. The molecule has 0 aliphatic rings. The van der Waals surface area contributed by atoms with Gasteiger partial charge in [0.05, 0.1) is 6.61 Å². The molecule has 2 heteroatoms. The van der Waals surface area contributed by atoms with Crippen molar-refractivity contribution in [3.8, 4) is 0 Å². The first-order valence-electron chi connectivity index (χ1n) is 10.1. The summed E-state index contributed by atoms with van der Waals surface area (Å²) in [5.74, 6) is 0. The van der Waals surface area contributed by atoms with Crippen LogP contribution in [0.4, 0.5) is 0 Å². The molecule has 0 saturated carbocycles. The molecule has 1 aromatic carbocycles. The highest BCUT2D eigenvalue weighted by Gasteiger charge is 1.95. The lowest BCUT2D eigenvalue weighted by molar-refractivity contribution is 0.116. The summed E-state index contributed by atoms with van der Waals surface area (Å²) in [5, 5.41) is 0. The lowest BCUT2D eigenvalue weighted by Gasteiger charge is -2.05. The topological polar surface area (TPSA) is 18.5 Å². The van der Waals surface area contributed by atoms with E-state index in [1.807, 2.05) is 6.07 Å². The molecule has 0 radical (unpaired) electrons. The van der Waals surface area contributed by atoms with E-state index in [4.69, 9.17) is 9.47 Å². The van der Waals surface area contributed by atoms with Crippen molar-refractivity contribution in [3.63, 3.8) is 0 Å². The molecule has 1 aromatic rings. The van der Waals surface area contributed by atoms with Gasteiger partial charge in [-0.15, -0.1) is 0 Å². The fourth-order valence-electron chi connectivity index (χ4n) is 2.79. The second-order valence-electron chi connectivity index (χ2n) is 6.69. The first-order chi connectivity index (χ1) is 11.9. The van der Waals surface area contributed by atoms with Crippen molar-refractivity contribution in [2.45, 2.75) is 84.2 Å². The van der Waals surface area contributed by atoms with Gasteiger partial charge in [-0.25, -0.2) is 0 Å². The Morgan fingerprint density at radius 1 is 0.583 bits per heavy atom. The van der Waals surface area contributed by atoms with E-state index in [9.17, 15) is 0 Å². The molecule has 0 heterocycles. The highest BCUT2D eigenvalue weighted by Crippen LogP contribution is 2.08. The Hall–Kier alpha value is -0.860. The minimum absolute atomic E-state index is 0.749. The van der Waals surface area contributed by atoms with E-state index in [0.29, 0.717) is 0 Å². The molecule has 138 valence electrons. The van der Waals surface area contributed by atoms with Crippen LogP contribution in [0, 0.1) is 0 Å². The molecule has 1 rings (SSSR count). The summed E-state index contributed by atoms with van der Waals surface area (Å²) in [5.41, 5.74) is 1.27. The predicted molar refractivity (Wildman–Crippen MR) is 103 cm³/mol. The minimum Gasteiger partial charge on any atom is -0.381 e. The highest BCUT2D eigenvalue weighted by molar-refractivity contribution is 5.13. The number of ether oxygens (including phenoxy) is 2. The number of hydrogen-bond acceptors (Lipinski definition) is 2. The molecule has 2 nitrogen and oxygen atoms in total. The predicted octanol–water partition coefficient (Wildman–Crippen LogP) is 6.53. The number of unbranched alkanes of at least 4 members (excludes halogenated alkanes) is 9. The van der Waals surface area contributed by atoms with Gasteiger partial charge in [-0.05, 0) is 24.8 Å². The molecule has 24 heavy (non-hydrogen) atoms. The van der Waals surface area contributed by atoms with Crippen LogP contribution in [0.5, 0.6) is 0 Å². The molecule has 0 aliphatic carbocycles. The number of rotatable bonds is 17. The Kier molecular flexibility index (Phi) is 15.0. The third-order valence-corrected chi connectivity index (χ3v) is 4.33. The van der Waals surface area contributed by atoms with E-state index in [-0.39, 0.29) is 0 Å². The highest BCUT2D eigenvalue weighted by atomic mass is 16.5. The average molecular weight is 335 g/mol. The van der Waals surface area contributed by atoms with Gasteiger partial charge in [-0.2, -0.15) is 0 Å². The zero-order valence-electron chi connectivity index (χ0n) is 15.8. The first kappa shape index (κ1) is 21.2. The molecular formula is C22H38O2. The fourth-order valence-corrected chi connectivity index (χ4v) is 2.79. The van der Waals surface area contributed by atoms with Crippen molar-refractivity contribution in [2.24, 2.45) is 0 Å². The van der Waals surface area contributed by atoms with Crippen LogP contribution in [0.3, 0.4) is 0 Å². The van der Waals surface area contributed by atoms with Gasteiger partial charge in [0.2, 0.25) is 0 Å². The number of hydrogen-bond donors (Lipinski definition) is 0. The number of benzene rings is 1. The smallest absolute Gasteiger partial charge is 0.0716 e. The van der Waals surface area contributed by atoms with Gasteiger partial charge < -0.3 is 9.47 Å². The zero-order chi connectivity index (χ0) is 17.1. The van der Waals surface area contributed by atoms with E-state index in [1.54, 1.807) is 0 Å². The van der Waals surface area contributed by atoms with Crippen LogP contribution in [0.15, 0.2) is 30.3 Å². The maximum atomic E-state index is 5.71. The summed E-state index contributed by atoms with van der Waals surface area (Å²) in [7, 11) is 0. The SMILES string of the molecule is CCCCCCOCCCCCCCCCOCc1ccccc1. The van der Waals surface area contributed by atoms with Crippen LogP contribution >= 0.6 is 0 Å². The summed E-state index contributed by atoms with van der Waals surface area (Å²) in [6, 6.07) is 10.4. The molecule has 0 amide bonds. The standard InChI is InChI=1S/C22H38O2/c1-2-3-4-13-18-23-19-14-8-6-5-7-9-15-20-24-21-22-16-11-10-12-17-22/h10-12,16-17H,2-9,13-15,18-21H2,1H3. The van der Waals surface area contributed by atoms with Crippen LogP contribution < -0.4 is 0 Å². The lowest BCUT2D eigenvalue weighted by Crippen LogP contribution is -1.97. The fraction of sp³-hybridized carbons (Fsp3) is 0.727. The van der Waals surface area contributed by atoms with Crippen LogP contribution in [0.25, 0.3) is 0 Å². The zero-order valence-corrected chi connectivity index (χ0v) is 15.8. The maximum absolute atomic E-state index is 5.71. The van der Waals surface area contributed by atoms with Crippen molar-refractivity contribution >= 4 is 0 Å². The van der Waals surface area contributed by atoms with Crippen molar-refractivity contribution in [3.05, 3.63) is 35.9 Å². The van der Waals surface area contributed by atoms with Gasteiger partial charge in [-0.3, -0.25) is 0 Å². The molecule has 0 unspecified atom stereocenters. The molecule has 0 atom stereocenters. The molecule has 0 spiro atoms. The first-order valence-corrected chi connectivity index (χ1v) is 10.1. The van der Waals surface area contributed by atoms with Gasteiger partial charge in [0.1, 0.15) is 0 Å². The second-order valence-corrected chi connectivity index (χ2v) is 6.69. The van der Waals surface area contributed by atoms with Gasteiger partial charge >= 0.3 is 0 Å². The van der Waals surface area contributed by atoms with Crippen molar-refractivity contribution < 1.29 is 9.47 Å². The Morgan fingerprint density at radius 2 is 1.08 bits per heavy atom. The molecule has 0 fully saturated rings. The Balaban J connectivity index is 1.70. The van der Waals surface area contributed by atoms with Crippen molar-refractivity contribution in [2.75, 3.05) is 19.8 Å². The summed E-state index contributed by atoms with van der Waals surface area (Å²) in [4.78, 5) is 0. The van der Waals surface area contributed by atoms with Crippen LogP contribution in [0.1, 0.15) is 83.1 Å². The van der Waals surface area contributed by atoms with Crippen LogP contribution in [0.2, 0.25) is 0 Å². The lowest BCUT2D eigenvalue weighted by atomic mass is 10.1. The van der Waals surface area contributed by atoms with Crippen molar-refractivity contribution in [1.29, 1.82) is 0 Å². The Bertz CT molecular complexity index is 350. The van der Waals surface area contributed by atoms with E-state index < -0.39 is 0 Å². The third kappa shape index (κ3) is 13.6. The summed E-state index contributed by atoms with van der Waals surface area (Å²) >= 11 is 0. The molecule has 0 bridgehead atoms. The van der Waals surface area contributed by atoms with E-state index >= 15 is 0 Å². The quantitative estimate of drug-likeness (QED) is 0.301. The van der Waals surface area contributed by atoms with Gasteiger partial charge in [0, 0.05) is 19.8 Å². The minimum atomic E-state index is 0.749. The van der Waals surface area contributed by atoms with Crippen molar-refractivity contribution in [1.82, 2.24) is 0 Å². The summed E-state index contributed by atoms with van der Waals surface area (Å²) in [6.45, 7) is 5.81. The molecule has 0 N–H and O–H groups in total. The van der Waals surface area contributed by atoms with Crippen LogP contribution in [-0.4, -0.2) is 19.8 Å². The molecule has 0 aliphatic heterocycles. The average Bonchev–Trinajstić information content (AvgIpc) is 2.62. The third-order valence-electron chi connectivity index (χ3n) is 4.33. The molecular weight excluding hydrogens is 296 g/mol. The monoisotopic (exact) mass is 334 g/mol. The van der Waals surface area contributed by atoms with Gasteiger partial charge in [-0.1, -0.05) is 88.6 Å². The van der Waals surface area contributed by atoms with Crippen LogP contribution in [-0.2, 0) is 16.1 Å². The van der Waals surface area contributed by atoms with E-state index in [1.165, 1.54) is 76.2 Å². The second kappa shape index (κ2) is 17.0. The van der Waals surface area contributed by atoms with Gasteiger partial charge in [0.15, 0.2) is 0 Å². The van der Waals surface area contributed by atoms with Gasteiger partial charge in [0.25, 0.3) is 0 Å². The summed E-state index contributed by atoms with van der Waals surface area (Å²) < 4.78 is 11.4. The molecule has 0 aromatic heterocycles. The van der Waals surface area contributed by atoms with E-state index in [2.05, 4.69) is 31.2 Å². The molecule has 0 saturated heterocycles. The summed E-state index contributed by atoms with van der Waals surface area (Å²) in [6.07, 6.45) is 14.3. The van der Waals surface area contributed by atoms with E-state index in [0.717, 1.165) is 26.4 Å². The maximum Gasteiger partial charge on any atom is 0.0716 e. The Morgan fingerprint density at radius 3 is 1.67 bits per heavy atom. The Labute approximate surface area is 149 Å².